The molecule has 1 atom stereocenters. The lowest BCUT2D eigenvalue weighted by Crippen LogP contribution is -2.27. The van der Waals surface area contributed by atoms with Crippen LogP contribution in [0, 0.1) is 5.82 Å². The lowest BCUT2D eigenvalue weighted by molar-refractivity contribution is 0.0932. The minimum Gasteiger partial charge on any atom is -0.496 e. The van der Waals surface area contributed by atoms with Crippen molar-refractivity contribution in [2.24, 2.45) is 0 Å². The highest BCUT2D eigenvalue weighted by atomic mass is 19.1. The fraction of sp³-hybridized carbons (Fsp3) is 0.188. The number of nitrogens with two attached hydrogens (primary N) is 1. The molecule has 2 aromatic rings. The summed E-state index contributed by atoms with van der Waals surface area (Å²) in [6, 6.07) is 11.1. The number of carbonyl (C=O) groups excluding carboxylic acids is 1. The topological polar surface area (TPSA) is 64.3 Å². The van der Waals surface area contributed by atoms with Gasteiger partial charge in [0.15, 0.2) is 0 Å². The highest BCUT2D eigenvalue weighted by molar-refractivity contribution is 5.97. The highest BCUT2D eigenvalue weighted by Crippen LogP contribution is 2.22. The van der Waals surface area contributed by atoms with E-state index in [4.69, 9.17) is 10.5 Å². The van der Waals surface area contributed by atoms with Crippen molar-refractivity contribution in [1.29, 1.82) is 0 Å². The van der Waals surface area contributed by atoms with E-state index in [2.05, 4.69) is 5.32 Å². The van der Waals surface area contributed by atoms with Gasteiger partial charge in [0.25, 0.3) is 5.91 Å². The molecule has 0 saturated carbocycles. The molecule has 0 radical (unpaired) electrons. The predicted molar refractivity (Wildman–Crippen MR) is 79.7 cm³/mol. The molecule has 5 heteroatoms. The number of nitrogen functional groups attached to an aromatic ring is 1. The zero-order chi connectivity index (χ0) is 15.4. The first kappa shape index (κ1) is 14.8. The van der Waals surface area contributed by atoms with Gasteiger partial charge in [-0.1, -0.05) is 18.2 Å². The Morgan fingerprint density at radius 3 is 2.52 bits per heavy atom. The highest BCUT2D eigenvalue weighted by Gasteiger charge is 2.19. The van der Waals surface area contributed by atoms with Crippen molar-refractivity contribution in [1.82, 2.24) is 5.32 Å². The number of benzene rings is 2. The number of carbonyl (C=O) groups is 1. The lowest BCUT2D eigenvalue weighted by atomic mass is 10.1. The smallest absolute Gasteiger partial charge is 0.258 e. The summed E-state index contributed by atoms with van der Waals surface area (Å²) < 4.78 is 18.9. The van der Waals surface area contributed by atoms with Gasteiger partial charge in [-0.25, -0.2) is 4.39 Å². The van der Waals surface area contributed by atoms with Gasteiger partial charge in [-0.2, -0.15) is 0 Å². The van der Waals surface area contributed by atoms with Crippen LogP contribution in [0.4, 0.5) is 10.1 Å². The monoisotopic (exact) mass is 288 g/mol. The maximum Gasteiger partial charge on any atom is 0.258 e. The van der Waals surface area contributed by atoms with Crippen molar-refractivity contribution in [2.45, 2.75) is 13.0 Å². The maximum absolute atomic E-state index is 13.8. The van der Waals surface area contributed by atoms with E-state index in [-0.39, 0.29) is 17.4 Å². The minimum absolute atomic E-state index is 0.0951. The molecule has 2 aromatic carbocycles. The lowest BCUT2D eigenvalue weighted by Gasteiger charge is -2.16. The molecule has 1 amide bonds. The van der Waals surface area contributed by atoms with Gasteiger partial charge in [-0.15, -0.1) is 0 Å². The summed E-state index contributed by atoms with van der Waals surface area (Å²) >= 11 is 0. The third kappa shape index (κ3) is 3.31. The summed E-state index contributed by atoms with van der Waals surface area (Å²) in [5.41, 5.74) is 7.06. The quantitative estimate of drug-likeness (QED) is 0.850. The third-order valence-corrected chi connectivity index (χ3v) is 3.21. The zero-order valence-electron chi connectivity index (χ0n) is 11.9. The van der Waals surface area contributed by atoms with Crippen LogP contribution in [-0.2, 0) is 0 Å². The van der Waals surface area contributed by atoms with E-state index in [0.717, 1.165) is 5.56 Å². The van der Waals surface area contributed by atoms with Crippen molar-refractivity contribution >= 4 is 11.6 Å². The molecule has 0 saturated heterocycles. The van der Waals surface area contributed by atoms with E-state index in [0.29, 0.717) is 5.69 Å². The molecule has 0 aliphatic carbocycles. The second-order valence-corrected chi connectivity index (χ2v) is 4.68. The van der Waals surface area contributed by atoms with Gasteiger partial charge >= 0.3 is 0 Å². The van der Waals surface area contributed by atoms with Crippen LogP contribution in [-0.4, -0.2) is 13.0 Å². The van der Waals surface area contributed by atoms with Gasteiger partial charge in [0.1, 0.15) is 17.1 Å². The van der Waals surface area contributed by atoms with Gasteiger partial charge in [0.2, 0.25) is 0 Å². The SMILES string of the molecule is COc1cccc(F)c1C(=O)NC(C)c1ccc(N)cc1. The predicted octanol–water partition coefficient (Wildman–Crippen LogP) is 2.91. The Bertz CT molecular complexity index is 641. The molecule has 0 aliphatic rings. The molecular weight excluding hydrogens is 271 g/mol. The van der Waals surface area contributed by atoms with E-state index < -0.39 is 11.7 Å². The van der Waals surface area contributed by atoms with Crippen molar-refractivity contribution in [3.05, 3.63) is 59.4 Å². The molecule has 21 heavy (non-hydrogen) atoms. The number of methoxy groups -OCH3 is 1. The molecule has 0 fully saturated rings. The van der Waals surface area contributed by atoms with Gasteiger partial charge in [0, 0.05) is 5.69 Å². The van der Waals surface area contributed by atoms with Gasteiger partial charge in [0.05, 0.1) is 13.2 Å². The number of hydrogen-bond donors (Lipinski definition) is 2. The number of amides is 1. The van der Waals surface area contributed by atoms with Crippen molar-refractivity contribution in [3.63, 3.8) is 0 Å². The van der Waals surface area contributed by atoms with Crippen molar-refractivity contribution in [2.75, 3.05) is 12.8 Å². The Balaban J connectivity index is 2.20. The zero-order valence-corrected chi connectivity index (χ0v) is 11.9. The molecule has 0 heterocycles. The van der Waals surface area contributed by atoms with Crippen LogP contribution in [0.2, 0.25) is 0 Å². The average Bonchev–Trinajstić information content (AvgIpc) is 2.47. The summed E-state index contributed by atoms with van der Waals surface area (Å²) in [5, 5.41) is 2.75. The van der Waals surface area contributed by atoms with Crippen LogP contribution in [0.25, 0.3) is 0 Å². The van der Waals surface area contributed by atoms with Crippen LogP contribution < -0.4 is 15.8 Å². The number of ether oxygens (including phenoxy) is 1. The fourth-order valence-electron chi connectivity index (χ4n) is 2.03. The van der Waals surface area contributed by atoms with E-state index in [1.54, 1.807) is 18.2 Å². The first-order valence-electron chi connectivity index (χ1n) is 6.51. The van der Waals surface area contributed by atoms with Crippen LogP contribution in [0.3, 0.4) is 0 Å². The van der Waals surface area contributed by atoms with Crippen molar-refractivity contribution in [3.8, 4) is 5.75 Å². The van der Waals surface area contributed by atoms with Gasteiger partial charge in [-0.3, -0.25) is 4.79 Å². The number of rotatable bonds is 4. The molecule has 1 unspecified atom stereocenters. The van der Waals surface area contributed by atoms with Crippen LogP contribution in [0.1, 0.15) is 28.9 Å². The van der Waals surface area contributed by atoms with E-state index in [1.807, 2.05) is 19.1 Å². The first-order chi connectivity index (χ1) is 10.0. The Kier molecular flexibility index (Phi) is 4.42. The summed E-state index contributed by atoms with van der Waals surface area (Å²) in [5.74, 6) is -0.928. The normalized spacial score (nSPS) is 11.8. The molecule has 2 rings (SSSR count). The Morgan fingerprint density at radius 1 is 1.24 bits per heavy atom. The summed E-state index contributed by atoms with van der Waals surface area (Å²) in [6.45, 7) is 1.82. The number of halogens is 1. The number of hydrogen-bond acceptors (Lipinski definition) is 3. The third-order valence-electron chi connectivity index (χ3n) is 3.21. The van der Waals surface area contributed by atoms with E-state index >= 15 is 0 Å². The Labute approximate surface area is 122 Å². The standard InChI is InChI=1S/C16H17FN2O2/c1-10(11-6-8-12(18)9-7-11)19-16(20)15-13(17)4-3-5-14(15)21-2/h3-10H,18H2,1-2H3,(H,19,20). The second-order valence-electron chi connectivity index (χ2n) is 4.68. The second kappa shape index (κ2) is 6.26. The summed E-state index contributed by atoms with van der Waals surface area (Å²) in [4.78, 5) is 12.2. The maximum atomic E-state index is 13.8. The molecule has 110 valence electrons. The van der Waals surface area contributed by atoms with Crippen LogP contribution in [0.15, 0.2) is 42.5 Å². The largest absolute Gasteiger partial charge is 0.496 e. The van der Waals surface area contributed by atoms with Gasteiger partial charge in [-0.05, 0) is 36.8 Å². The fourth-order valence-corrected chi connectivity index (χ4v) is 2.03. The van der Waals surface area contributed by atoms with Crippen LogP contribution in [0.5, 0.6) is 5.75 Å². The molecule has 0 bridgehead atoms. The molecule has 3 N–H and O–H groups in total. The van der Waals surface area contributed by atoms with E-state index in [9.17, 15) is 9.18 Å². The first-order valence-corrected chi connectivity index (χ1v) is 6.51. The van der Waals surface area contributed by atoms with Crippen LogP contribution >= 0.6 is 0 Å². The van der Waals surface area contributed by atoms with Crippen molar-refractivity contribution < 1.29 is 13.9 Å². The average molecular weight is 288 g/mol. The number of anilines is 1. The summed E-state index contributed by atoms with van der Waals surface area (Å²) in [7, 11) is 1.40. The molecule has 0 spiro atoms. The molecule has 0 aromatic heterocycles. The summed E-state index contributed by atoms with van der Waals surface area (Å²) in [6.07, 6.45) is 0. The Morgan fingerprint density at radius 2 is 1.90 bits per heavy atom. The molecular formula is C16H17FN2O2. The minimum atomic E-state index is -0.614. The molecule has 0 aliphatic heterocycles. The number of nitrogens with one attached hydrogen (secondary N) is 1. The van der Waals surface area contributed by atoms with E-state index in [1.165, 1.54) is 19.2 Å². The Hall–Kier alpha value is -2.56. The molecule has 4 nitrogen and oxygen atoms in total. The van der Waals surface area contributed by atoms with Gasteiger partial charge < -0.3 is 15.8 Å².